The molecule has 84 valence electrons. The molecule has 0 heterocycles. The van der Waals surface area contributed by atoms with Gasteiger partial charge in [-0.15, -0.1) is 0 Å². The van der Waals surface area contributed by atoms with Gasteiger partial charge in [0.15, 0.2) is 0 Å². The van der Waals surface area contributed by atoms with E-state index in [-0.39, 0.29) is 5.57 Å². The van der Waals surface area contributed by atoms with E-state index in [2.05, 4.69) is 6.58 Å². The fourth-order valence-corrected chi connectivity index (χ4v) is 1.01. The van der Waals surface area contributed by atoms with Crippen molar-refractivity contribution in [1.82, 2.24) is 0 Å². The number of hydrogen-bond acceptors (Lipinski definition) is 0. The molecule has 0 radical (unpaired) electrons. The first kappa shape index (κ1) is 13.8. The van der Waals surface area contributed by atoms with Gasteiger partial charge in [0.1, 0.15) is 0 Å². The third-order valence-corrected chi connectivity index (χ3v) is 2.02. The van der Waals surface area contributed by atoms with E-state index in [1.165, 1.54) is 11.6 Å². The Morgan fingerprint density at radius 2 is 1.87 bits per heavy atom. The molecule has 15 heavy (non-hydrogen) atoms. The highest BCUT2D eigenvalue weighted by Gasteiger charge is 2.02. The molecule has 0 fully saturated rings. The summed E-state index contributed by atoms with van der Waals surface area (Å²) >= 11 is 0. The lowest BCUT2D eigenvalue weighted by Gasteiger charge is -1.99. The summed E-state index contributed by atoms with van der Waals surface area (Å²) in [6.45, 7) is 9.25. The minimum atomic E-state index is -2.47. The second kappa shape index (κ2) is 7.16. The number of halogens is 2. The van der Waals surface area contributed by atoms with Gasteiger partial charge in [-0.05, 0) is 27.2 Å². The molecule has 0 N–H and O–H groups in total. The zero-order chi connectivity index (χ0) is 11.8. The van der Waals surface area contributed by atoms with Crippen LogP contribution in [0.15, 0.2) is 47.6 Å². The Morgan fingerprint density at radius 1 is 1.27 bits per heavy atom. The topological polar surface area (TPSA) is 0 Å². The SMILES string of the molecule is C=C(/C=C\C=C(/C)C/C(C)=C\C)C(F)F. The van der Waals surface area contributed by atoms with Crippen LogP contribution in [0.4, 0.5) is 8.78 Å². The van der Waals surface area contributed by atoms with Crippen LogP contribution in [0.25, 0.3) is 0 Å². The molecule has 2 heteroatoms. The molecular weight excluding hydrogens is 194 g/mol. The summed E-state index contributed by atoms with van der Waals surface area (Å²) in [5.41, 5.74) is 2.26. The Balaban J connectivity index is 4.22. The number of allylic oxidation sites excluding steroid dienone is 7. The fourth-order valence-electron chi connectivity index (χ4n) is 1.01. The third-order valence-electron chi connectivity index (χ3n) is 2.02. The van der Waals surface area contributed by atoms with Gasteiger partial charge in [-0.2, -0.15) is 0 Å². The van der Waals surface area contributed by atoms with Crippen LogP contribution in [0.1, 0.15) is 27.2 Å². The van der Waals surface area contributed by atoms with Gasteiger partial charge in [-0.1, -0.05) is 42.0 Å². The standard InChI is InChI=1S/C13H18F2/c1-5-10(2)9-11(3)7-6-8-12(4)13(14)15/h5-8,13H,4,9H2,1-3H3/b8-6-,10-5-,11-7+. The van der Waals surface area contributed by atoms with E-state index in [0.29, 0.717) is 0 Å². The van der Waals surface area contributed by atoms with Crippen LogP contribution < -0.4 is 0 Å². The van der Waals surface area contributed by atoms with Gasteiger partial charge in [-0.25, -0.2) is 8.78 Å². The third kappa shape index (κ3) is 6.83. The molecule has 0 aromatic rings. The maximum Gasteiger partial charge on any atom is 0.263 e. The van der Waals surface area contributed by atoms with Crippen molar-refractivity contribution in [1.29, 1.82) is 0 Å². The predicted octanol–water partition coefficient (Wildman–Crippen LogP) is 4.67. The molecular formula is C13H18F2. The normalized spacial score (nSPS) is 14.0. The Hall–Kier alpha value is -1.18. The molecule has 0 saturated heterocycles. The number of hydrogen-bond donors (Lipinski definition) is 0. The van der Waals surface area contributed by atoms with Gasteiger partial charge in [0.25, 0.3) is 6.43 Å². The Bertz CT molecular complexity index is 294. The molecule has 0 aliphatic carbocycles. The van der Waals surface area contributed by atoms with E-state index in [9.17, 15) is 8.78 Å². The zero-order valence-corrected chi connectivity index (χ0v) is 9.56. The van der Waals surface area contributed by atoms with Crippen LogP contribution in [-0.4, -0.2) is 6.43 Å². The summed E-state index contributed by atoms with van der Waals surface area (Å²) in [6.07, 6.45) is 5.25. The summed E-state index contributed by atoms with van der Waals surface area (Å²) in [6, 6.07) is 0. The molecule has 0 aromatic heterocycles. The first-order valence-electron chi connectivity index (χ1n) is 4.90. The fraction of sp³-hybridized carbons (Fsp3) is 0.385. The highest BCUT2D eigenvalue weighted by atomic mass is 19.3. The predicted molar refractivity (Wildman–Crippen MR) is 62.1 cm³/mol. The molecule has 0 aromatic carbocycles. The summed E-state index contributed by atoms with van der Waals surface area (Å²) in [7, 11) is 0. The van der Waals surface area contributed by atoms with Crippen LogP contribution in [0.5, 0.6) is 0 Å². The maximum absolute atomic E-state index is 12.0. The molecule has 0 aliphatic rings. The largest absolute Gasteiger partial charge is 0.263 e. The summed E-state index contributed by atoms with van der Waals surface area (Å²) in [5, 5.41) is 0. The van der Waals surface area contributed by atoms with Crippen LogP contribution >= 0.6 is 0 Å². The van der Waals surface area contributed by atoms with E-state index < -0.39 is 6.43 Å². The molecule has 0 rings (SSSR count). The van der Waals surface area contributed by atoms with Gasteiger partial charge in [0, 0.05) is 5.57 Å². The van der Waals surface area contributed by atoms with Gasteiger partial charge in [0.2, 0.25) is 0 Å². The van der Waals surface area contributed by atoms with Crippen molar-refractivity contribution in [2.45, 2.75) is 33.6 Å². The highest BCUT2D eigenvalue weighted by Crippen LogP contribution is 2.11. The molecule has 0 bridgehead atoms. The van der Waals surface area contributed by atoms with E-state index in [1.54, 1.807) is 6.08 Å². The van der Waals surface area contributed by atoms with E-state index in [1.807, 2.05) is 32.9 Å². The van der Waals surface area contributed by atoms with Crippen molar-refractivity contribution < 1.29 is 8.78 Å². The number of rotatable bonds is 5. The van der Waals surface area contributed by atoms with Crippen LogP contribution in [0.3, 0.4) is 0 Å². The Morgan fingerprint density at radius 3 is 2.33 bits per heavy atom. The Kier molecular flexibility index (Phi) is 6.59. The second-order valence-corrected chi connectivity index (χ2v) is 3.56. The van der Waals surface area contributed by atoms with E-state index in [4.69, 9.17) is 0 Å². The summed E-state index contributed by atoms with van der Waals surface area (Å²) < 4.78 is 24.1. The average molecular weight is 212 g/mol. The van der Waals surface area contributed by atoms with Crippen LogP contribution in [0.2, 0.25) is 0 Å². The van der Waals surface area contributed by atoms with Crippen LogP contribution in [-0.2, 0) is 0 Å². The second-order valence-electron chi connectivity index (χ2n) is 3.56. The Labute approximate surface area is 90.7 Å². The summed E-state index contributed by atoms with van der Waals surface area (Å²) in [4.78, 5) is 0. The quantitative estimate of drug-likeness (QED) is 0.459. The van der Waals surface area contributed by atoms with Gasteiger partial charge in [-0.3, -0.25) is 0 Å². The lowest BCUT2D eigenvalue weighted by molar-refractivity contribution is 0.194. The molecule has 0 aliphatic heterocycles. The molecule has 0 nitrogen and oxygen atoms in total. The van der Waals surface area contributed by atoms with Crippen LogP contribution in [0, 0.1) is 0 Å². The minimum Gasteiger partial charge on any atom is -0.205 e. The summed E-state index contributed by atoms with van der Waals surface area (Å²) in [5.74, 6) is 0. The molecule has 0 spiro atoms. The smallest absolute Gasteiger partial charge is 0.205 e. The molecule has 0 saturated carbocycles. The van der Waals surface area contributed by atoms with Gasteiger partial charge < -0.3 is 0 Å². The van der Waals surface area contributed by atoms with Crippen molar-refractivity contribution in [2.24, 2.45) is 0 Å². The molecule has 0 unspecified atom stereocenters. The average Bonchev–Trinajstić information content (AvgIpc) is 2.17. The molecule has 0 atom stereocenters. The first-order valence-corrected chi connectivity index (χ1v) is 4.90. The number of alkyl halides is 2. The van der Waals surface area contributed by atoms with Gasteiger partial charge >= 0.3 is 0 Å². The minimum absolute atomic E-state index is 0.151. The van der Waals surface area contributed by atoms with Crippen molar-refractivity contribution in [3.8, 4) is 0 Å². The first-order chi connectivity index (χ1) is 6.97. The lowest BCUT2D eigenvalue weighted by atomic mass is 10.1. The lowest BCUT2D eigenvalue weighted by Crippen LogP contribution is -1.89. The maximum atomic E-state index is 12.0. The zero-order valence-electron chi connectivity index (χ0n) is 9.56. The van der Waals surface area contributed by atoms with Gasteiger partial charge in [0.05, 0.1) is 0 Å². The molecule has 0 amide bonds. The highest BCUT2D eigenvalue weighted by molar-refractivity contribution is 5.24. The van der Waals surface area contributed by atoms with Crippen molar-refractivity contribution >= 4 is 0 Å². The van der Waals surface area contributed by atoms with E-state index >= 15 is 0 Å². The van der Waals surface area contributed by atoms with Crippen molar-refractivity contribution in [2.75, 3.05) is 0 Å². The van der Waals surface area contributed by atoms with E-state index in [0.717, 1.165) is 12.0 Å². The van der Waals surface area contributed by atoms with Crippen molar-refractivity contribution in [3.63, 3.8) is 0 Å². The monoisotopic (exact) mass is 212 g/mol. The van der Waals surface area contributed by atoms with Crippen molar-refractivity contribution in [3.05, 3.63) is 47.6 Å².